The zero-order valence-corrected chi connectivity index (χ0v) is 22.2. The molecule has 9 nitrogen and oxygen atoms in total. The van der Waals surface area contributed by atoms with Crippen LogP contribution in [-0.2, 0) is 27.8 Å². The maximum atomic E-state index is 13.1. The number of amides is 1. The van der Waals surface area contributed by atoms with Gasteiger partial charge < -0.3 is 11.1 Å². The molecule has 0 aliphatic rings. The number of benzene rings is 1. The van der Waals surface area contributed by atoms with Gasteiger partial charge in [-0.05, 0) is 73.4 Å². The van der Waals surface area contributed by atoms with Gasteiger partial charge >= 0.3 is 0 Å². The maximum Gasteiger partial charge on any atom is 0.275 e. The molecular formula is C26H27N5O4S2. The summed E-state index contributed by atoms with van der Waals surface area (Å²) in [6, 6.07) is 13.5. The number of carbonyl (C=O) groups excluding carboxylic acids is 1. The highest BCUT2D eigenvalue weighted by Crippen LogP contribution is 2.31. The molecule has 0 aliphatic carbocycles. The molecule has 4 rings (SSSR count). The molecule has 11 heteroatoms. The van der Waals surface area contributed by atoms with E-state index < -0.39 is 15.6 Å². The number of rotatable bonds is 8. The summed E-state index contributed by atoms with van der Waals surface area (Å²) < 4.78 is 26.9. The van der Waals surface area contributed by atoms with E-state index in [0.717, 1.165) is 26.2 Å². The summed E-state index contributed by atoms with van der Waals surface area (Å²) in [5.41, 5.74) is 8.45. The van der Waals surface area contributed by atoms with Gasteiger partial charge in [-0.3, -0.25) is 9.59 Å². The molecule has 1 aromatic carbocycles. The van der Waals surface area contributed by atoms with Gasteiger partial charge in [0.05, 0.1) is 11.3 Å². The van der Waals surface area contributed by atoms with Crippen molar-refractivity contribution >= 4 is 33.1 Å². The predicted molar refractivity (Wildman–Crippen MR) is 145 cm³/mol. The van der Waals surface area contributed by atoms with Crippen molar-refractivity contribution in [1.82, 2.24) is 15.0 Å². The van der Waals surface area contributed by atoms with Crippen LogP contribution in [0.4, 0.5) is 5.82 Å². The second kappa shape index (κ2) is 10.6. The average molecular weight is 538 g/mol. The molecule has 0 spiro atoms. The smallest absolute Gasteiger partial charge is 0.275 e. The molecule has 4 aromatic rings. The molecule has 37 heavy (non-hydrogen) atoms. The number of nitrogens with one attached hydrogen (secondary N) is 2. The van der Waals surface area contributed by atoms with E-state index >= 15 is 0 Å². The molecular weight excluding hydrogens is 510 g/mol. The van der Waals surface area contributed by atoms with Gasteiger partial charge in [0.15, 0.2) is 0 Å². The summed E-state index contributed by atoms with van der Waals surface area (Å²) in [5, 5.41) is 2.73. The number of anilines is 1. The summed E-state index contributed by atoms with van der Waals surface area (Å²) in [5.74, 6) is -0.00578. The Kier molecular flexibility index (Phi) is 7.46. The molecule has 0 aliphatic heterocycles. The highest BCUT2D eigenvalue weighted by atomic mass is 32.2. The third-order valence-corrected chi connectivity index (χ3v) is 8.13. The molecule has 0 unspecified atom stereocenters. The number of sulfonamides is 1. The Labute approximate surface area is 219 Å². The molecule has 3 aromatic heterocycles. The maximum absolute atomic E-state index is 13.1. The topological polar surface area (TPSA) is 136 Å². The highest BCUT2D eigenvalue weighted by Gasteiger charge is 2.18. The molecule has 0 saturated heterocycles. The Morgan fingerprint density at radius 3 is 2.43 bits per heavy atom. The Balaban J connectivity index is 1.49. The van der Waals surface area contributed by atoms with Crippen LogP contribution in [0.25, 0.3) is 11.1 Å². The molecule has 0 atom stereocenters. The van der Waals surface area contributed by atoms with E-state index in [4.69, 9.17) is 5.73 Å². The lowest BCUT2D eigenvalue weighted by molar-refractivity contribution is -0.120. The minimum atomic E-state index is -4.05. The fraction of sp³-hybridized carbons (Fsp3) is 0.192. The van der Waals surface area contributed by atoms with Crippen molar-refractivity contribution in [2.75, 3.05) is 10.6 Å². The molecule has 192 valence electrons. The van der Waals surface area contributed by atoms with Crippen LogP contribution in [0.5, 0.6) is 0 Å². The number of nitrogens with two attached hydrogens (primary N) is 1. The van der Waals surface area contributed by atoms with Gasteiger partial charge in [0.2, 0.25) is 5.91 Å². The van der Waals surface area contributed by atoms with Gasteiger partial charge in [-0.15, -0.1) is 11.3 Å². The first-order valence-electron chi connectivity index (χ1n) is 11.4. The fourth-order valence-electron chi connectivity index (χ4n) is 3.83. The summed E-state index contributed by atoms with van der Waals surface area (Å²) in [6.45, 7) is 5.97. The fourth-order valence-corrected chi connectivity index (χ4v) is 5.78. The summed E-state index contributed by atoms with van der Waals surface area (Å²) in [4.78, 5) is 34.2. The normalized spacial score (nSPS) is 11.3. The van der Waals surface area contributed by atoms with Crippen LogP contribution in [-0.4, -0.2) is 24.0 Å². The van der Waals surface area contributed by atoms with Crippen LogP contribution in [0.2, 0.25) is 0 Å². The number of nitrogen functional groups attached to an aromatic ring is 1. The van der Waals surface area contributed by atoms with Gasteiger partial charge in [0, 0.05) is 34.3 Å². The lowest BCUT2D eigenvalue weighted by Crippen LogP contribution is -2.36. The third-order valence-electron chi connectivity index (χ3n) is 5.84. The van der Waals surface area contributed by atoms with E-state index in [1.165, 1.54) is 23.2 Å². The average Bonchev–Trinajstić information content (AvgIpc) is 3.21. The van der Waals surface area contributed by atoms with Crippen molar-refractivity contribution in [2.24, 2.45) is 0 Å². The van der Waals surface area contributed by atoms with Gasteiger partial charge in [-0.1, -0.05) is 18.2 Å². The van der Waals surface area contributed by atoms with Crippen molar-refractivity contribution in [1.29, 1.82) is 0 Å². The highest BCUT2D eigenvalue weighted by molar-refractivity contribution is 7.92. The van der Waals surface area contributed by atoms with Gasteiger partial charge in [-0.25, -0.2) is 14.5 Å². The quantitative estimate of drug-likeness (QED) is 0.316. The number of aromatic nitrogens is 2. The molecule has 3 heterocycles. The third kappa shape index (κ3) is 6.07. The van der Waals surface area contributed by atoms with E-state index in [1.807, 2.05) is 13.8 Å². The minimum absolute atomic E-state index is 0.0183. The van der Waals surface area contributed by atoms with E-state index in [1.54, 1.807) is 54.8 Å². The number of thiophene rings is 1. The van der Waals surface area contributed by atoms with Gasteiger partial charge in [0.25, 0.3) is 15.6 Å². The number of hydrogen-bond donors (Lipinski definition) is 3. The summed E-state index contributed by atoms with van der Waals surface area (Å²) in [7, 11) is -4.05. The van der Waals surface area contributed by atoms with Crippen molar-refractivity contribution < 1.29 is 13.2 Å². The summed E-state index contributed by atoms with van der Waals surface area (Å²) >= 11 is 1.68. The number of aryl methyl sites for hydroxylation is 3. The molecule has 0 fully saturated rings. The Hall–Kier alpha value is -3.96. The van der Waals surface area contributed by atoms with E-state index in [0.29, 0.717) is 11.4 Å². The monoisotopic (exact) mass is 537 g/mol. The molecule has 4 N–H and O–H groups in total. The summed E-state index contributed by atoms with van der Waals surface area (Å²) in [6.07, 6.45) is 2.69. The number of carbonyl (C=O) groups is 1. The van der Waals surface area contributed by atoms with Crippen LogP contribution in [0, 0.1) is 20.8 Å². The molecule has 0 saturated carbocycles. The zero-order valence-electron chi connectivity index (χ0n) is 20.6. The van der Waals surface area contributed by atoms with E-state index in [9.17, 15) is 18.0 Å². The van der Waals surface area contributed by atoms with Crippen molar-refractivity contribution in [2.45, 2.75) is 38.6 Å². The molecule has 0 bridgehead atoms. The predicted octanol–water partition coefficient (Wildman–Crippen LogP) is 3.27. The molecule has 0 radical (unpaired) electrons. The standard InChI is InChI=1S/C26H27N5O4S2/c1-16-10-11-31(26(33)22(16)13-25(32)29-15-19-4-9-24(27)28-14-19)30-37(34,35)21-7-5-20(6-8-21)23-12-17(2)36-18(23)3/h4-12,14,30H,13,15H2,1-3H3,(H2,27,28)(H,29,32). The molecule has 1 amide bonds. The number of hydrogen-bond acceptors (Lipinski definition) is 7. The van der Waals surface area contributed by atoms with Gasteiger partial charge in [0.1, 0.15) is 5.82 Å². The van der Waals surface area contributed by atoms with E-state index in [2.05, 4.69) is 21.2 Å². The Morgan fingerprint density at radius 2 is 1.81 bits per heavy atom. The van der Waals surface area contributed by atoms with Crippen LogP contribution in [0.1, 0.15) is 26.4 Å². The lowest BCUT2D eigenvalue weighted by atomic mass is 10.1. The second-order valence-electron chi connectivity index (χ2n) is 8.64. The first-order chi connectivity index (χ1) is 17.5. The Bertz CT molecular complexity index is 1610. The van der Waals surface area contributed by atoms with Crippen LogP contribution < -0.4 is 21.4 Å². The number of pyridine rings is 2. The van der Waals surface area contributed by atoms with Crippen LogP contribution >= 0.6 is 11.3 Å². The van der Waals surface area contributed by atoms with Crippen molar-refractivity contribution in [3.05, 3.63) is 97.7 Å². The van der Waals surface area contributed by atoms with E-state index in [-0.39, 0.29) is 29.3 Å². The second-order valence-corrected chi connectivity index (χ2v) is 11.8. The zero-order chi connectivity index (χ0) is 26.7. The van der Waals surface area contributed by atoms with Crippen LogP contribution in [0.15, 0.2) is 70.6 Å². The SMILES string of the molecule is Cc1cc(-c2ccc(S(=O)(=O)Nn3ccc(C)c(CC(=O)NCc4ccc(N)nc4)c3=O)cc2)c(C)s1. The lowest BCUT2D eigenvalue weighted by Gasteiger charge is -2.14. The first kappa shape index (κ1) is 26.1. The number of nitrogens with zero attached hydrogens (tertiary/aromatic N) is 2. The first-order valence-corrected chi connectivity index (χ1v) is 13.7. The van der Waals surface area contributed by atoms with Gasteiger partial charge in [-0.2, -0.15) is 8.42 Å². The Morgan fingerprint density at radius 1 is 1.08 bits per heavy atom. The largest absolute Gasteiger partial charge is 0.384 e. The minimum Gasteiger partial charge on any atom is -0.384 e. The van der Waals surface area contributed by atoms with Crippen LogP contribution in [0.3, 0.4) is 0 Å². The van der Waals surface area contributed by atoms with Crippen molar-refractivity contribution in [3.63, 3.8) is 0 Å². The van der Waals surface area contributed by atoms with Crippen molar-refractivity contribution in [3.8, 4) is 11.1 Å².